The van der Waals surface area contributed by atoms with E-state index < -0.39 is 5.97 Å². The Morgan fingerprint density at radius 3 is 2.59 bits per heavy atom. The molecule has 142 valence electrons. The second-order valence-corrected chi connectivity index (χ2v) is 7.14. The van der Waals surface area contributed by atoms with Gasteiger partial charge in [0.1, 0.15) is 5.75 Å². The number of nitrogens with one attached hydrogen (secondary N) is 1. The Kier molecular flexibility index (Phi) is 5.98. The van der Waals surface area contributed by atoms with E-state index in [2.05, 4.69) is 10.2 Å². The Morgan fingerprint density at radius 1 is 1.15 bits per heavy atom. The van der Waals surface area contributed by atoms with Crippen LogP contribution in [0.2, 0.25) is 5.02 Å². The fraction of sp³-hybridized carbons (Fsp3) is 0.300. The van der Waals surface area contributed by atoms with Gasteiger partial charge in [0.25, 0.3) is 0 Å². The largest absolute Gasteiger partial charge is 0.506 e. The molecule has 0 aromatic heterocycles. The molecule has 0 spiro atoms. The molecule has 1 aliphatic rings. The molecule has 3 rings (SSSR count). The first kappa shape index (κ1) is 19.2. The number of piperidine rings is 1. The van der Waals surface area contributed by atoms with Gasteiger partial charge in [0, 0.05) is 17.5 Å². The van der Waals surface area contributed by atoms with Crippen LogP contribution in [0.5, 0.6) is 5.75 Å². The van der Waals surface area contributed by atoms with Gasteiger partial charge >= 0.3 is 5.97 Å². The van der Waals surface area contributed by atoms with E-state index in [0.717, 1.165) is 18.7 Å². The lowest BCUT2D eigenvalue weighted by Gasteiger charge is -2.31. The minimum Gasteiger partial charge on any atom is -0.506 e. The molecule has 1 heterocycles. The van der Waals surface area contributed by atoms with Crippen molar-refractivity contribution in [2.24, 2.45) is 5.92 Å². The molecule has 1 aliphatic heterocycles. The maximum atomic E-state index is 12.5. The maximum absolute atomic E-state index is 12.5. The monoisotopic (exact) mass is 388 g/mol. The molecule has 1 amide bonds. The van der Waals surface area contributed by atoms with Crippen molar-refractivity contribution in [3.63, 3.8) is 0 Å². The number of benzene rings is 2. The van der Waals surface area contributed by atoms with Gasteiger partial charge in [0.15, 0.2) is 0 Å². The number of likely N-dealkylation sites (tertiary alicyclic amines) is 1. The van der Waals surface area contributed by atoms with Crippen LogP contribution in [0.1, 0.15) is 28.8 Å². The number of aromatic hydroxyl groups is 1. The summed E-state index contributed by atoms with van der Waals surface area (Å²) in [5.74, 6) is -1.20. The van der Waals surface area contributed by atoms with Crippen molar-refractivity contribution in [1.82, 2.24) is 4.90 Å². The lowest BCUT2D eigenvalue weighted by molar-refractivity contribution is -0.121. The number of carboxylic acid groups (broad SMARTS) is 1. The minimum atomic E-state index is -0.934. The zero-order valence-electron chi connectivity index (χ0n) is 14.7. The number of halogens is 1. The zero-order chi connectivity index (χ0) is 19.4. The molecule has 6 nitrogen and oxygen atoms in total. The lowest BCUT2D eigenvalue weighted by Crippen LogP contribution is -2.37. The molecular formula is C20H21ClN2O4. The van der Waals surface area contributed by atoms with Crippen LogP contribution in [0.25, 0.3) is 0 Å². The van der Waals surface area contributed by atoms with Crippen molar-refractivity contribution < 1.29 is 19.8 Å². The third-order valence-electron chi connectivity index (χ3n) is 4.75. The summed E-state index contributed by atoms with van der Waals surface area (Å²) in [7, 11) is 0. The van der Waals surface area contributed by atoms with Crippen molar-refractivity contribution in [2.75, 3.05) is 18.4 Å². The van der Waals surface area contributed by atoms with Crippen LogP contribution >= 0.6 is 11.6 Å². The summed E-state index contributed by atoms with van der Waals surface area (Å²) in [6.45, 7) is 2.15. The number of carbonyl (C=O) groups excluding carboxylic acids is 1. The number of anilines is 1. The molecule has 0 unspecified atom stereocenters. The first-order valence-corrected chi connectivity index (χ1v) is 9.14. The van der Waals surface area contributed by atoms with Gasteiger partial charge in [-0.05, 0) is 61.8 Å². The smallest absolute Gasteiger partial charge is 0.335 e. The summed E-state index contributed by atoms with van der Waals surface area (Å²) >= 11 is 5.91. The van der Waals surface area contributed by atoms with Crippen LogP contribution in [0, 0.1) is 5.92 Å². The van der Waals surface area contributed by atoms with Crippen LogP contribution in [-0.4, -0.2) is 40.1 Å². The van der Waals surface area contributed by atoms with Gasteiger partial charge in [-0.3, -0.25) is 9.69 Å². The van der Waals surface area contributed by atoms with E-state index in [9.17, 15) is 14.7 Å². The number of amides is 1. The molecule has 0 atom stereocenters. The predicted octanol–water partition coefficient (Wildman–Crippen LogP) is 3.59. The zero-order valence-corrected chi connectivity index (χ0v) is 15.4. The van der Waals surface area contributed by atoms with E-state index in [1.54, 1.807) is 24.3 Å². The standard InChI is InChI=1S/C20H21ClN2O4/c21-16-4-5-18(24)17(11-16)22-19(25)14-6-8-23(9-7-14)12-13-2-1-3-15(10-13)20(26)27/h1-5,10-11,14,24H,6-9,12H2,(H,22,25)(H,26,27). The number of aromatic carboxylic acids is 1. The molecular weight excluding hydrogens is 368 g/mol. The molecule has 0 bridgehead atoms. The number of carboxylic acids is 1. The Balaban J connectivity index is 1.54. The van der Waals surface area contributed by atoms with Crippen molar-refractivity contribution in [3.05, 3.63) is 58.6 Å². The Morgan fingerprint density at radius 2 is 1.89 bits per heavy atom. The van der Waals surface area contributed by atoms with Gasteiger partial charge in [-0.2, -0.15) is 0 Å². The highest BCUT2D eigenvalue weighted by Gasteiger charge is 2.25. The quantitative estimate of drug-likeness (QED) is 0.681. The van der Waals surface area contributed by atoms with Crippen LogP contribution in [0.4, 0.5) is 5.69 Å². The molecule has 1 saturated heterocycles. The number of phenols is 1. The second kappa shape index (κ2) is 8.41. The molecule has 2 aromatic carbocycles. The summed E-state index contributed by atoms with van der Waals surface area (Å²) in [4.78, 5) is 25.8. The Bertz CT molecular complexity index is 848. The van der Waals surface area contributed by atoms with Crippen LogP contribution in [0.15, 0.2) is 42.5 Å². The average Bonchev–Trinajstić information content (AvgIpc) is 2.65. The van der Waals surface area contributed by atoms with E-state index in [1.165, 1.54) is 12.1 Å². The fourth-order valence-electron chi connectivity index (χ4n) is 3.26. The SMILES string of the molecule is O=C(O)c1cccc(CN2CCC(C(=O)Nc3cc(Cl)ccc3O)CC2)c1. The normalized spacial score (nSPS) is 15.4. The molecule has 3 N–H and O–H groups in total. The summed E-state index contributed by atoms with van der Waals surface area (Å²) in [5.41, 5.74) is 1.55. The van der Waals surface area contributed by atoms with Gasteiger partial charge < -0.3 is 15.5 Å². The second-order valence-electron chi connectivity index (χ2n) is 6.71. The molecule has 0 saturated carbocycles. The van der Waals surface area contributed by atoms with E-state index >= 15 is 0 Å². The number of rotatable bonds is 5. The number of hydrogen-bond donors (Lipinski definition) is 3. The fourth-order valence-corrected chi connectivity index (χ4v) is 3.43. The maximum Gasteiger partial charge on any atom is 0.335 e. The van der Waals surface area contributed by atoms with E-state index in [0.29, 0.717) is 30.1 Å². The van der Waals surface area contributed by atoms with E-state index in [4.69, 9.17) is 16.7 Å². The summed E-state index contributed by atoms with van der Waals surface area (Å²) in [5, 5.41) is 22.1. The van der Waals surface area contributed by atoms with Crippen molar-refractivity contribution >= 4 is 29.2 Å². The molecule has 0 radical (unpaired) electrons. The van der Waals surface area contributed by atoms with Gasteiger partial charge in [-0.1, -0.05) is 23.7 Å². The first-order chi connectivity index (χ1) is 12.9. The molecule has 27 heavy (non-hydrogen) atoms. The Hall–Kier alpha value is -2.57. The number of hydrogen-bond acceptors (Lipinski definition) is 4. The van der Waals surface area contributed by atoms with Gasteiger partial charge in [-0.15, -0.1) is 0 Å². The topological polar surface area (TPSA) is 89.9 Å². The first-order valence-electron chi connectivity index (χ1n) is 8.76. The summed E-state index contributed by atoms with van der Waals surface area (Å²) in [6.07, 6.45) is 1.40. The Labute approximate surface area is 162 Å². The average molecular weight is 389 g/mol. The highest BCUT2D eigenvalue weighted by atomic mass is 35.5. The van der Waals surface area contributed by atoms with Gasteiger partial charge in [0.05, 0.1) is 11.3 Å². The highest BCUT2D eigenvalue weighted by Crippen LogP contribution is 2.28. The molecule has 7 heteroatoms. The lowest BCUT2D eigenvalue weighted by atomic mass is 9.95. The van der Waals surface area contributed by atoms with Crippen molar-refractivity contribution in [3.8, 4) is 5.75 Å². The third kappa shape index (κ3) is 4.99. The minimum absolute atomic E-state index is 0.0106. The number of phenolic OH excluding ortho intramolecular Hbond substituents is 1. The number of nitrogens with zero attached hydrogens (tertiary/aromatic N) is 1. The van der Waals surface area contributed by atoms with E-state index in [-0.39, 0.29) is 23.1 Å². The number of carbonyl (C=O) groups is 2. The predicted molar refractivity (Wildman–Crippen MR) is 103 cm³/mol. The van der Waals surface area contributed by atoms with Crippen molar-refractivity contribution in [2.45, 2.75) is 19.4 Å². The van der Waals surface area contributed by atoms with Crippen LogP contribution in [0.3, 0.4) is 0 Å². The summed E-state index contributed by atoms with van der Waals surface area (Å²) in [6, 6.07) is 11.5. The highest BCUT2D eigenvalue weighted by molar-refractivity contribution is 6.31. The van der Waals surface area contributed by atoms with Gasteiger partial charge in [0.2, 0.25) is 5.91 Å². The molecule has 0 aliphatic carbocycles. The van der Waals surface area contributed by atoms with Crippen LogP contribution < -0.4 is 5.32 Å². The van der Waals surface area contributed by atoms with Gasteiger partial charge in [-0.25, -0.2) is 4.79 Å². The summed E-state index contributed by atoms with van der Waals surface area (Å²) < 4.78 is 0. The molecule has 1 fully saturated rings. The third-order valence-corrected chi connectivity index (χ3v) is 4.99. The molecule has 2 aromatic rings. The van der Waals surface area contributed by atoms with E-state index in [1.807, 2.05) is 6.07 Å². The van der Waals surface area contributed by atoms with Crippen molar-refractivity contribution in [1.29, 1.82) is 0 Å². The van der Waals surface area contributed by atoms with Crippen LogP contribution in [-0.2, 0) is 11.3 Å².